The predicted octanol–water partition coefficient (Wildman–Crippen LogP) is 2.27. The molecule has 2 aliphatic rings. The Hall–Kier alpha value is -3.92. The zero-order valence-electron chi connectivity index (χ0n) is 17.3. The van der Waals surface area contributed by atoms with E-state index in [0.29, 0.717) is 12.1 Å². The van der Waals surface area contributed by atoms with E-state index in [0.717, 1.165) is 20.7 Å². The van der Waals surface area contributed by atoms with Gasteiger partial charge < -0.3 is 5.32 Å². The summed E-state index contributed by atoms with van der Waals surface area (Å²) in [6.45, 7) is 0. The molecule has 2 aromatic carbocycles. The number of aromatic nitrogens is 1. The number of amides is 5. The van der Waals surface area contributed by atoms with Crippen molar-refractivity contribution in [3.63, 3.8) is 0 Å². The first-order chi connectivity index (χ1) is 15.9. The van der Waals surface area contributed by atoms with Gasteiger partial charge in [-0.15, -0.1) is 11.3 Å². The van der Waals surface area contributed by atoms with Crippen LogP contribution < -0.4 is 10.6 Å². The summed E-state index contributed by atoms with van der Waals surface area (Å²) < 4.78 is 1.07. The number of imide groups is 2. The lowest BCUT2D eigenvalue weighted by Crippen LogP contribution is -2.54. The lowest BCUT2D eigenvalue weighted by atomic mass is 10.0. The fourth-order valence-corrected chi connectivity index (χ4v) is 4.83. The molecule has 1 saturated heterocycles. The Bertz CT molecular complexity index is 1350. The van der Waals surface area contributed by atoms with Crippen molar-refractivity contribution >= 4 is 56.8 Å². The van der Waals surface area contributed by atoms with Gasteiger partial charge in [0.25, 0.3) is 11.8 Å². The van der Waals surface area contributed by atoms with Gasteiger partial charge in [0.2, 0.25) is 17.7 Å². The highest BCUT2D eigenvalue weighted by Crippen LogP contribution is 2.29. The first-order valence-electron chi connectivity index (χ1n) is 10.4. The molecule has 0 radical (unpaired) electrons. The quantitative estimate of drug-likeness (QED) is 0.561. The first kappa shape index (κ1) is 21.0. The Morgan fingerprint density at radius 3 is 2.73 bits per heavy atom. The Labute approximate surface area is 191 Å². The third-order valence-electron chi connectivity index (χ3n) is 5.76. The number of thiazole rings is 1. The molecule has 10 heteroatoms. The average Bonchev–Trinajstić information content (AvgIpc) is 3.35. The highest BCUT2D eigenvalue weighted by molar-refractivity contribution is 7.16. The zero-order valence-corrected chi connectivity index (χ0v) is 18.1. The summed E-state index contributed by atoms with van der Waals surface area (Å²) in [5, 5.41) is 4.93. The number of piperidine rings is 1. The molecule has 5 amide bonds. The van der Waals surface area contributed by atoms with Crippen molar-refractivity contribution in [3.05, 3.63) is 58.6 Å². The second kappa shape index (κ2) is 8.21. The minimum Gasteiger partial charge on any atom is -0.326 e. The van der Waals surface area contributed by atoms with Crippen LogP contribution in [-0.2, 0) is 20.8 Å². The Balaban J connectivity index is 1.26. The molecule has 166 valence electrons. The molecule has 2 aliphatic heterocycles. The van der Waals surface area contributed by atoms with Gasteiger partial charge in [0, 0.05) is 18.5 Å². The van der Waals surface area contributed by atoms with Crippen LogP contribution in [-0.4, -0.2) is 45.5 Å². The number of benzene rings is 2. The van der Waals surface area contributed by atoms with Gasteiger partial charge in [0.05, 0.1) is 26.9 Å². The van der Waals surface area contributed by atoms with E-state index in [9.17, 15) is 24.0 Å². The molecule has 1 unspecified atom stereocenters. The maximum absolute atomic E-state index is 12.9. The summed E-state index contributed by atoms with van der Waals surface area (Å²) >= 11 is 1.54. The van der Waals surface area contributed by atoms with Crippen LogP contribution in [0.1, 0.15) is 45.5 Å². The Morgan fingerprint density at radius 1 is 1.09 bits per heavy atom. The molecule has 1 fully saturated rings. The van der Waals surface area contributed by atoms with Crippen molar-refractivity contribution in [2.75, 3.05) is 5.32 Å². The maximum atomic E-state index is 12.9. The molecule has 3 heterocycles. The van der Waals surface area contributed by atoms with E-state index in [1.54, 1.807) is 22.9 Å². The van der Waals surface area contributed by atoms with Crippen molar-refractivity contribution < 1.29 is 24.0 Å². The third kappa shape index (κ3) is 3.89. The first-order valence-corrected chi connectivity index (χ1v) is 11.3. The lowest BCUT2D eigenvalue weighted by Gasteiger charge is -2.27. The Kier molecular flexibility index (Phi) is 5.21. The minimum atomic E-state index is -1.02. The van der Waals surface area contributed by atoms with Gasteiger partial charge in [0.1, 0.15) is 6.04 Å². The van der Waals surface area contributed by atoms with Crippen LogP contribution in [0, 0.1) is 0 Å². The number of nitrogens with one attached hydrogen (secondary N) is 2. The van der Waals surface area contributed by atoms with Crippen LogP contribution in [0.3, 0.4) is 0 Å². The fourth-order valence-electron chi connectivity index (χ4n) is 4.09. The normalized spacial score (nSPS) is 17.9. The number of hydrogen-bond donors (Lipinski definition) is 2. The second-order valence-corrected chi connectivity index (χ2v) is 8.80. The lowest BCUT2D eigenvalue weighted by molar-refractivity contribution is -0.136. The number of rotatable bonds is 5. The van der Waals surface area contributed by atoms with E-state index in [1.807, 2.05) is 18.2 Å². The molecule has 1 atom stereocenters. The van der Waals surface area contributed by atoms with Gasteiger partial charge in [-0.1, -0.05) is 6.07 Å². The van der Waals surface area contributed by atoms with E-state index in [4.69, 9.17) is 0 Å². The molecule has 0 spiro atoms. The smallest absolute Gasteiger partial charge is 0.262 e. The number of hydrogen-bond acceptors (Lipinski definition) is 7. The van der Waals surface area contributed by atoms with Gasteiger partial charge in [-0.25, -0.2) is 4.98 Å². The van der Waals surface area contributed by atoms with Gasteiger partial charge in [0.15, 0.2) is 0 Å². The molecular weight excluding hydrogens is 444 g/mol. The molecule has 2 N–H and O–H groups in total. The van der Waals surface area contributed by atoms with E-state index < -0.39 is 29.7 Å². The van der Waals surface area contributed by atoms with Crippen molar-refractivity contribution in [3.8, 4) is 0 Å². The molecule has 3 aromatic rings. The Morgan fingerprint density at radius 2 is 1.91 bits per heavy atom. The highest BCUT2D eigenvalue weighted by Gasteiger charge is 2.44. The SMILES string of the molecule is O=C1CCC(N2C(=O)c3ccc(NC(=O)CCc4ccc5ncsc5c4)cc3C2=O)C(=O)N1. The standard InChI is InChI=1S/C23H18N4O5S/c28-19(7-2-12-1-5-16-18(9-12)33-11-24-16)25-13-3-4-14-15(10-13)23(32)27(22(14)31)17-6-8-20(29)26-21(17)30/h1,3-5,9-11,17H,2,6-8H2,(H,25,28)(H,26,29,30). The molecule has 9 nitrogen and oxygen atoms in total. The van der Waals surface area contributed by atoms with Crippen LogP contribution in [0.5, 0.6) is 0 Å². The van der Waals surface area contributed by atoms with Gasteiger partial charge in [-0.2, -0.15) is 0 Å². The molecule has 5 rings (SSSR count). The summed E-state index contributed by atoms with van der Waals surface area (Å²) in [5.41, 5.74) is 4.41. The predicted molar refractivity (Wildman–Crippen MR) is 120 cm³/mol. The van der Waals surface area contributed by atoms with E-state index in [2.05, 4.69) is 15.6 Å². The maximum Gasteiger partial charge on any atom is 0.262 e. The molecule has 0 aliphatic carbocycles. The molecule has 0 bridgehead atoms. The summed E-state index contributed by atoms with van der Waals surface area (Å²) in [6.07, 6.45) is 0.941. The highest BCUT2D eigenvalue weighted by atomic mass is 32.1. The summed E-state index contributed by atoms with van der Waals surface area (Å²) in [5.74, 6) is -2.51. The molecule has 33 heavy (non-hydrogen) atoms. The van der Waals surface area contributed by atoms with Crippen molar-refractivity contribution in [2.45, 2.75) is 31.7 Å². The largest absolute Gasteiger partial charge is 0.326 e. The summed E-state index contributed by atoms with van der Waals surface area (Å²) in [6, 6.07) is 9.33. The van der Waals surface area contributed by atoms with Crippen LogP contribution in [0.25, 0.3) is 10.2 Å². The van der Waals surface area contributed by atoms with Crippen molar-refractivity contribution in [2.24, 2.45) is 0 Å². The number of carbonyl (C=O) groups excluding carboxylic acids is 5. The number of carbonyl (C=O) groups is 5. The van der Waals surface area contributed by atoms with Crippen LogP contribution >= 0.6 is 11.3 Å². The fraction of sp³-hybridized carbons (Fsp3) is 0.217. The van der Waals surface area contributed by atoms with Crippen molar-refractivity contribution in [1.29, 1.82) is 0 Å². The summed E-state index contributed by atoms with van der Waals surface area (Å²) in [4.78, 5) is 66.8. The monoisotopic (exact) mass is 462 g/mol. The van der Waals surface area contributed by atoms with E-state index in [-0.39, 0.29) is 36.3 Å². The molecule has 1 aromatic heterocycles. The number of nitrogens with zero attached hydrogens (tertiary/aromatic N) is 2. The third-order valence-corrected chi connectivity index (χ3v) is 6.55. The number of aryl methyl sites for hydroxylation is 1. The molecule has 0 saturated carbocycles. The number of anilines is 1. The van der Waals surface area contributed by atoms with Gasteiger partial charge >= 0.3 is 0 Å². The van der Waals surface area contributed by atoms with E-state index >= 15 is 0 Å². The van der Waals surface area contributed by atoms with Gasteiger partial charge in [-0.05, 0) is 48.7 Å². The molecular formula is C23H18N4O5S. The zero-order chi connectivity index (χ0) is 23.1. The van der Waals surface area contributed by atoms with E-state index in [1.165, 1.54) is 12.1 Å². The van der Waals surface area contributed by atoms with Gasteiger partial charge in [-0.3, -0.25) is 34.2 Å². The van der Waals surface area contributed by atoms with Crippen LogP contribution in [0.2, 0.25) is 0 Å². The second-order valence-electron chi connectivity index (χ2n) is 7.91. The van der Waals surface area contributed by atoms with Crippen LogP contribution in [0.4, 0.5) is 5.69 Å². The minimum absolute atomic E-state index is 0.0566. The van der Waals surface area contributed by atoms with Crippen LogP contribution in [0.15, 0.2) is 41.9 Å². The van der Waals surface area contributed by atoms with Crippen molar-refractivity contribution in [1.82, 2.24) is 15.2 Å². The topological polar surface area (TPSA) is 126 Å². The average molecular weight is 462 g/mol. The number of fused-ring (bicyclic) bond motifs is 2. The summed E-state index contributed by atoms with van der Waals surface area (Å²) in [7, 11) is 0.